The van der Waals surface area contributed by atoms with Gasteiger partial charge in [0.2, 0.25) is 0 Å². The molecule has 2 atom stereocenters. The number of fused-ring (bicyclic) bond motifs is 3. The molecule has 0 amide bonds. The fourth-order valence-corrected chi connectivity index (χ4v) is 8.97. The van der Waals surface area contributed by atoms with E-state index in [1.807, 2.05) is 0 Å². The molecule has 0 spiro atoms. The van der Waals surface area contributed by atoms with Crippen molar-refractivity contribution in [1.82, 2.24) is 0 Å². The molecule has 0 aromatic heterocycles. The quantitative estimate of drug-likeness (QED) is 0.185. The van der Waals surface area contributed by atoms with Crippen LogP contribution in [0, 0.1) is 0 Å². The minimum absolute atomic E-state index is 0.0882. The highest BCUT2D eigenvalue weighted by molar-refractivity contribution is 6.06. The second kappa shape index (κ2) is 11.4. The molecule has 3 aliphatic carbocycles. The predicted octanol–water partition coefficient (Wildman–Crippen LogP) is 10.7. The number of aryl methyl sites for hydroxylation is 2. The molecular formula is C45H44O2. The summed E-state index contributed by atoms with van der Waals surface area (Å²) in [6, 6.07) is 31.3. The Labute approximate surface area is 279 Å². The van der Waals surface area contributed by atoms with Crippen LogP contribution in [0.4, 0.5) is 0 Å². The van der Waals surface area contributed by atoms with Crippen LogP contribution in [0.15, 0.2) is 97.1 Å². The van der Waals surface area contributed by atoms with Crippen molar-refractivity contribution >= 4 is 16.6 Å². The normalized spacial score (nSPS) is 18.0. The van der Waals surface area contributed by atoms with E-state index in [0.717, 1.165) is 30.2 Å². The first-order chi connectivity index (χ1) is 22.7. The van der Waals surface area contributed by atoms with Gasteiger partial charge in [0, 0.05) is 17.2 Å². The number of rotatable bonds is 7. The molecule has 0 radical (unpaired) electrons. The number of hydrogen-bond donors (Lipinski definition) is 1. The Morgan fingerprint density at radius 2 is 1.40 bits per heavy atom. The first-order valence-electron chi connectivity index (χ1n) is 17.5. The lowest BCUT2D eigenvalue weighted by Crippen LogP contribution is -2.22. The van der Waals surface area contributed by atoms with Crippen molar-refractivity contribution in [1.29, 1.82) is 0 Å². The third-order valence-corrected chi connectivity index (χ3v) is 11.6. The topological polar surface area (TPSA) is 37.3 Å². The van der Waals surface area contributed by atoms with Crippen LogP contribution in [0.25, 0.3) is 21.9 Å². The SMILES string of the molecule is C=C(C)C(=O)Cc1ccc(C(C)(C)c2ccc(Cc3cc4c5c6c(cc(O)c5c3)C3CCCCC3c3cccc(c3-6)CC4)cc2)cc1. The van der Waals surface area contributed by atoms with Crippen LogP contribution in [0.3, 0.4) is 0 Å². The molecule has 47 heavy (non-hydrogen) atoms. The van der Waals surface area contributed by atoms with E-state index in [1.165, 1.54) is 81.1 Å². The highest BCUT2D eigenvalue weighted by Crippen LogP contribution is 2.58. The van der Waals surface area contributed by atoms with E-state index in [1.54, 1.807) is 12.5 Å². The van der Waals surface area contributed by atoms with Crippen LogP contribution in [-0.2, 0) is 35.9 Å². The first-order valence-corrected chi connectivity index (χ1v) is 17.5. The molecule has 5 aromatic carbocycles. The van der Waals surface area contributed by atoms with Gasteiger partial charge in [0.05, 0.1) is 0 Å². The number of carbonyl (C=O) groups is 1. The number of allylic oxidation sites excluding steroid dienone is 1. The lowest BCUT2D eigenvalue weighted by molar-refractivity contribution is -0.114. The zero-order valence-corrected chi connectivity index (χ0v) is 28.0. The van der Waals surface area contributed by atoms with Crippen molar-refractivity contribution in [2.45, 2.75) is 89.4 Å². The standard InChI is InChI=1S/C45H44O2/c1-27(2)40(46)25-29-14-20-34(21-15-29)45(3,4)33-18-12-28(13-19-33)22-30-23-32-17-16-31-8-7-11-37-35-9-5-6-10-36(35)38-26-41(47)39(24-30)43(32)44(38)42(31)37/h7-8,11-15,18-21,23-24,26,35-36,47H,1,5-6,9-10,16-17,22,25H2,2-4H3. The Hall–Kier alpha value is -4.43. The van der Waals surface area contributed by atoms with Gasteiger partial charge < -0.3 is 5.11 Å². The maximum Gasteiger partial charge on any atom is 0.162 e. The van der Waals surface area contributed by atoms with Crippen LogP contribution < -0.4 is 0 Å². The van der Waals surface area contributed by atoms with Gasteiger partial charge in [0.1, 0.15) is 5.75 Å². The number of phenolic OH excluding ortho intramolecular Hbond substituents is 1. The summed E-state index contributed by atoms with van der Waals surface area (Å²) in [5.41, 5.74) is 15.2. The summed E-state index contributed by atoms with van der Waals surface area (Å²) in [6.07, 6.45) is 8.33. The van der Waals surface area contributed by atoms with E-state index >= 15 is 0 Å². The first kappa shape index (κ1) is 29.9. The summed E-state index contributed by atoms with van der Waals surface area (Å²) in [7, 11) is 0. The van der Waals surface area contributed by atoms with Gasteiger partial charge in [-0.1, -0.05) is 106 Å². The Bertz CT molecular complexity index is 2060. The van der Waals surface area contributed by atoms with Gasteiger partial charge >= 0.3 is 0 Å². The molecule has 8 rings (SSSR count). The van der Waals surface area contributed by atoms with Gasteiger partial charge in [-0.15, -0.1) is 0 Å². The maximum atomic E-state index is 12.1. The third kappa shape index (κ3) is 5.05. The Morgan fingerprint density at radius 1 is 0.766 bits per heavy atom. The largest absolute Gasteiger partial charge is 0.507 e. The molecule has 1 N–H and O–H groups in total. The lowest BCUT2D eigenvalue weighted by atomic mass is 9.64. The second-order valence-corrected chi connectivity index (χ2v) is 15.0. The molecule has 5 aromatic rings. The van der Waals surface area contributed by atoms with Crippen LogP contribution in [0.2, 0.25) is 0 Å². The van der Waals surface area contributed by atoms with Crippen LogP contribution in [0.5, 0.6) is 5.75 Å². The van der Waals surface area contributed by atoms with Crippen molar-refractivity contribution < 1.29 is 9.90 Å². The average molecular weight is 617 g/mol. The molecule has 1 saturated carbocycles. The van der Waals surface area contributed by atoms with Gasteiger partial charge in [-0.3, -0.25) is 4.79 Å². The molecule has 3 aliphatic rings. The fourth-order valence-electron chi connectivity index (χ4n) is 8.97. The number of ketones is 1. The summed E-state index contributed by atoms with van der Waals surface area (Å²) in [5.74, 6) is 1.62. The van der Waals surface area contributed by atoms with E-state index in [4.69, 9.17) is 0 Å². The summed E-state index contributed by atoms with van der Waals surface area (Å²) in [6.45, 7) is 10.1. The van der Waals surface area contributed by atoms with Crippen molar-refractivity contribution in [2.75, 3.05) is 0 Å². The zero-order valence-electron chi connectivity index (χ0n) is 28.0. The number of phenols is 1. The molecule has 2 nitrogen and oxygen atoms in total. The Balaban J connectivity index is 1.11. The fraction of sp³-hybridized carbons (Fsp3) is 0.311. The molecule has 0 aliphatic heterocycles. The summed E-state index contributed by atoms with van der Waals surface area (Å²) in [5, 5.41) is 13.9. The minimum atomic E-state index is -0.170. The van der Waals surface area contributed by atoms with Gasteiger partial charge in [-0.25, -0.2) is 0 Å². The highest BCUT2D eigenvalue weighted by atomic mass is 16.3. The van der Waals surface area contributed by atoms with Crippen LogP contribution >= 0.6 is 0 Å². The molecule has 2 unspecified atom stereocenters. The van der Waals surface area contributed by atoms with E-state index in [2.05, 4.69) is 105 Å². The average Bonchev–Trinajstić information content (AvgIpc) is 3.24. The number of hydrogen-bond acceptors (Lipinski definition) is 2. The van der Waals surface area contributed by atoms with Gasteiger partial charge in [0.15, 0.2) is 5.78 Å². The molecule has 0 saturated heterocycles. The summed E-state index contributed by atoms with van der Waals surface area (Å²) >= 11 is 0. The molecule has 0 bridgehead atoms. The van der Waals surface area contributed by atoms with Crippen molar-refractivity contribution in [3.63, 3.8) is 0 Å². The Kier molecular flexibility index (Phi) is 7.24. The summed E-state index contributed by atoms with van der Waals surface area (Å²) in [4.78, 5) is 12.1. The number of Topliss-reactive ketones (excluding diaryl/α,β-unsaturated/α-hetero) is 1. The summed E-state index contributed by atoms with van der Waals surface area (Å²) < 4.78 is 0. The molecule has 236 valence electrons. The van der Waals surface area contributed by atoms with E-state index < -0.39 is 0 Å². The second-order valence-electron chi connectivity index (χ2n) is 15.0. The molecule has 0 heterocycles. The van der Waals surface area contributed by atoms with E-state index in [9.17, 15) is 9.90 Å². The highest BCUT2D eigenvalue weighted by Gasteiger charge is 2.38. The number of aromatic hydroxyl groups is 1. The number of benzene rings is 5. The smallest absolute Gasteiger partial charge is 0.162 e. The minimum Gasteiger partial charge on any atom is -0.507 e. The monoisotopic (exact) mass is 616 g/mol. The maximum absolute atomic E-state index is 12.1. The van der Waals surface area contributed by atoms with Gasteiger partial charge in [-0.2, -0.15) is 0 Å². The van der Waals surface area contributed by atoms with Crippen molar-refractivity contribution in [3.05, 3.63) is 147 Å². The third-order valence-electron chi connectivity index (χ3n) is 11.6. The van der Waals surface area contributed by atoms with E-state index in [0.29, 0.717) is 29.6 Å². The van der Waals surface area contributed by atoms with Crippen molar-refractivity contribution in [3.8, 4) is 16.9 Å². The number of carbonyl (C=O) groups excluding carboxylic acids is 1. The predicted molar refractivity (Wildman–Crippen MR) is 194 cm³/mol. The molecule has 1 fully saturated rings. The molecular weight excluding hydrogens is 572 g/mol. The van der Waals surface area contributed by atoms with Crippen LogP contribution in [0.1, 0.15) is 108 Å². The van der Waals surface area contributed by atoms with Gasteiger partial charge in [-0.05, 0) is 135 Å². The Morgan fingerprint density at radius 3 is 2.09 bits per heavy atom. The van der Waals surface area contributed by atoms with Crippen molar-refractivity contribution in [2.24, 2.45) is 0 Å². The van der Waals surface area contributed by atoms with E-state index in [-0.39, 0.29) is 11.2 Å². The van der Waals surface area contributed by atoms with Gasteiger partial charge in [0.25, 0.3) is 0 Å². The zero-order chi connectivity index (χ0) is 32.4. The van der Waals surface area contributed by atoms with Crippen LogP contribution in [-0.4, -0.2) is 10.9 Å². The lowest BCUT2D eigenvalue weighted by Gasteiger charge is -2.40. The molecule has 2 heteroatoms.